The molecule has 5 N–H and O–H groups in total. The SMILES string of the molecule is N=C(CC(N)=Nc1cc(C2CC2)[nH]n1)N1CCC(CO)CC1. The van der Waals surface area contributed by atoms with Gasteiger partial charge >= 0.3 is 0 Å². The lowest BCUT2D eigenvalue weighted by atomic mass is 9.97. The number of hydrogen-bond acceptors (Lipinski definition) is 4. The van der Waals surface area contributed by atoms with Crippen LogP contribution in [0.4, 0.5) is 5.82 Å². The summed E-state index contributed by atoms with van der Waals surface area (Å²) < 4.78 is 0. The summed E-state index contributed by atoms with van der Waals surface area (Å²) in [5.74, 6) is 2.51. The summed E-state index contributed by atoms with van der Waals surface area (Å²) in [6.07, 6.45) is 4.64. The van der Waals surface area contributed by atoms with Crippen LogP contribution in [0.5, 0.6) is 0 Å². The normalized spacial score (nSPS) is 20.4. The van der Waals surface area contributed by atoms with Gasteiger partial charge in [0.05, 0.1) is 6.42 Å². The fourth-order valence-electron chi connectivity index (χ4n) is 2.84. The number of aromatic nitrogens is 2. The van der Waals surface area contributed by atoms with E-state index in [2.05, 4.69) is 15.2 Å². The molecule has 0 amide bonds. The molecular formula is C15H24N6O. The van der Waals surface area contributed by atoms with Crippen LogP contribution in [0.15, 0.2) is 11.1 Å². The minimum absolute atomic E-state index is 0.243. The molecule has 120 valence electrons. The van der Waals surface area contributed by atoms with Crippen LogP contribution >= 0.6 is 0 Å². The Bertz CT molecular complexity index is 554. The number of aromatic amines is 1. The Morgan fingerprint density at radius 2 is 2.14 bits per heavy atom. The van der Waals surface area contributed by atoms with Crippen molar-refractivity contribution < 1.29 is 5.11 Å². The molecule has 0 aromatic carbocycles. The zero-order valence-corrected chi connectivity index (χ0v) is 12.8. The highest BCUT2D eigenvalue weighted by Crippen LogP contribution is 2.39. The van der Waals surface area contributed by atoms with Crippen LogP contribution < -0.4 is 5.73 Å². The molecule has 1 aliphatic heterocycles. The molecule has 2 heterocycles. The van der Waals surface area contributed by atoms with Crippen molar-refractivity contribution in [3.8, 4) is 0 Å². The lowest BCUT2D eigenvalue weighted by molar-refractivity contribution is 0.165. The van der Waals surface area contributed by atoms with Crippen LogP contribution in [0.2, 0.25) is 0 Å². The van der Waals surface area contributed by atoms with E-state index in [-0.39, 0.29) is 6.61 Å². The Morgan fingerprint density at radius 3 is 2.77 bits per heavy atom. The summed E-state index contributed by atoms with van der Waals surface area (Å²) in [5, 5.41) is 24.5. The van der Waals surface area contributed by atoms with Gasteiger partial charge in [0, 0.05) is 37.4 Å². The summed E-state index contributed by atoms with van der Waals surface area (Å²) in [5.41, 5.74) is 7.09. The summed E-state index contributed by atoms with van der Waals surface area (Å²) in [7, 11) is 0. The molecule has 0 spiro atoms. The van der Waals surface area contributed by atoms with Crippen LogP contribution in [0.1, 0.15) is 43.7 Å². The third kappa shape index (κ3) is 3.65. The first-order valence-electron chi connectivity index (χ1n) is 7.97. The highest BCUT2D eigenvalue weighted by atomic mass is 16.3. The smallest absolute Gasteiger partial charge is 0.175 e. The van der Waals surface area contributed by atoms with Gasteiger partial charge in [0.15, 0.2) is 5.82 Å². The average molecular weight is 304 g/mol. The van der Waals surface area contributed by atoms with Gasteiger partial charge in [0.2, 0.25) is 0 Å². The third-order valence-electron chi connectivity index (χ3n) is 4.46. The number of piperidine rings is 1. The first-order chi connectivity index (χ1) is 10.7. The van der Waals surface area contributed by atoms with E-state index in [4.69, 9.17) is 16.2 Å². The molecule has 0 radical (unpaired) electrons. The van der Waals surface area contributed by atoms with Gasteiger partial charge in [0.25, 0.3) is 0 Å². The Hall–Kier alpha value is -1.89. The molecule has 7 heteroatoms. The van der Waals surface area contributed by atoms with Crippen LogP contribution in [-0.4, -0.2) is 51.6 Å². The second-order valence-corrected chi connectivity index (χ2v) is 6.30. The Balaban J connectivity index is 1.52. The van der Waals surface area contributed by atoms with Crippen molar-refractivity contribution in [2.24, 2.45) is 16.6 Å². The number of hydrogen-bond donors (Lipinski definition) is 4. The number of H-pyrrole nitrogens is 1. The molecule has 1 aromatic heterocycles. The molecule has 3 rings (SSSR count). The number of aliphatic hydroxyl groups excluding tert-OH is 1. The molecule has 1 saturated heterocycles. The Morgan fingerprint density at radius 1 is 1.41 bits per heavy atom. The van der Waals surface area contributed by atoms with E-state index in [9.17, 15) is 0 Å². The van der Waals surface area contributed by atoms with Gasteiger partial charge in [-0.15, -0.1) is 0 Å². The first-order valence-corrected chi connectivity index (χ1v) is 7.97. The first kappa shape index (κ1) is 15.0. The topological polar surface area (TPSA) is 114 Å². The monoisotopic (exact) mass is 304 g/mol. The van der Waals surface area contributed by atoms with E-state index < -0.39 is 0 Å². The Kier molecular flexibility index (Phi) is 4.42. The fraction of sp³-hybridized carbons (Fsp3) is 0.667. The van der Waals surface area contributed by atoms with Crippen molar-refractivity contribution in [1.29, 1.82) is 5.41 Å². The molecule has 1 aromatic rings. The molecule has 7 nitrogen and oxygen atoms in total. The van der Waals surface area contributed by atoms with Crippen LogP contribution in [0, 0.1) is 11.3 Å². The number of aliphatic hydroxyl groups is 1. The number of likely N-dealkylation sites (tertiary alicyclic amines) is 1. The van der Waals surface area contributed by atoms with E-state index in [0.717, 1.165) is 31.6 Å². The van der Waals surface area contributed by atoms with Crippen molar-refractivity contribution in [1.82, 2.24) is 15.1 Å². The zero-order valence-electron chi connectivity index (χ0n) is 12.8. The van der Waals surface area contributed by atoms with Gasteiger partial charge in [-0.05, 0) is 31.6 Å². The summed E-state index contributed by atoms with van der Waals surface area (Å²) in [6, 6.07) is 1.95. The maximum absolute atomic E-state index is 9.15. The quantitative estimate of drug-likeness (QED) is 0.485. The molecular weight excluding hydrogens is 280 g/mol. The van der Waals surface area contributed by atoms with E-state index in [1.165, 1.54) is 12.8 Å². The number of nitrogens with two attached hydrogens (primary N) is 1. The van der Waals surface area contributed by atoms with Gasteiger partial charge < -0.3 is 15.7 Å². The van der Waals surface area contributed by atoms with Gasteiger partial charge in [-0.3, -0.25) is 10.5 Å². The standard InChI is InChI=1S/C15H24N6O/c16-13(18-15-7-12(19-20-15)11-1-2-11)8-14(17)21-5-3-10(9-22)4-6-21/h7,10-11,17,22H,1-6,8-9H2,(H3,16,18,19,20). The largest absolute Gasteiger partial charge is 0.396 e. The predicted molar refractivity (Wildman–Crippen MR) is 85.6 cm³/mol. The lowest BCUT2D eigenvalue weighted by Gasteiger charge is -2.32. The minimum atomic E-state index is 0.243. The van der Waals surface area contributed by atoms with Crippen molar-refractivity contribution in [2.45, 2.75) is 38.0 Å². The highest BCUT2D eigenvalue weighted by Gasteiger charge is 2.25. The van der Waals surface area contributed by atoms with Gasteiger partial charge in [-0.25, -0.2) is 4.99 Å². The number of amidine groups is 2. The minimum Gasteiger partial charge on any atom is -0.396 e. The highest BCUT2D eigenvalue weighted by molar-refractivity contribution is 6.01. The van der Waals surface area contributed by atoms with Gasteiger partial charge in [-0.2, -0.15) is 5.10 Å². The molecule has 2 fully saturated rings. The van der Waals surface area contributed by atoms with E-state index in [0.29, 0.717) is 35.7 Å². The van der Waals surface area contributed by atoms with Crippen LogP contribution in [0.3, 0.4) is 0 Å². The molecule has 22 heavy (non-hydrogen) atoms. The maximum atomic E-state index is 9.15. The number of nitrogens with one attached hydrogen (secondary N) is 2. The van der Waals surface area contributed by atoms with E-state index >= 15 is 0 Å². The van der Waals surface area contributed by atoms with Crippen LogP contribution in [-0.2, 0) is 0 Å². The summed E-state index contributed by atoms with van der Waals surface area (Å²) in [6.45, 7) is 1.87. The van der Waals surface area contributed by atoms with Crippen molar-refractivity contribution >= 4 is 17.5 Å². The number of nitrogens with zero attached hydrogens (tertiary/aromatic N) is 3. The molecule has 2 aliphatic rings. The number of rotatable bonds is 5. The van der Waals surface area contributed by atoms with E-state index in [1.807, 2.05) is 11.0 Å². The van der Waals surface area contributed by atoms with Crippen molar-refractivity contribution in [3.63, 3.8) is 0 Å². The lowest BCUT2D eigenvalue weighted by Crippen LogP contribution is -2.40. The molecule has 0 atom stereocenters. The molecule has 0 unspecified atom stereocenters. The fourth-order valence-corrected chi connectivity index (χ4v) is 2.84. The molecule has 1 aliphatic carbocycles. The zero-order chi connectivity index (χ0) is 15.5. The second-order valence-electron chi connectivity index (χ2n) is 6.30. The molecule has 1 saturated carbocycles. The number of aliphatic imine (C=N–C) groups is 1. The third-order valence-corrected chi connectivity index (χ3v) is 4.46. The van der Waals surface area contributed by atoms with Crippen molar-refractivity contribution in [2.75, 3.05) is 19.7 Å². The average Bonchev–Trinajstić information content (AvgIpc) is 3.27. The second kappa shape index (κ2) is 6.48. The summed E-state index contributed by atoms with van der Waals surface area (Å²) >= 11 is 0. The molecule has 0 bridgehead atoms. The van der Waals surface area contributed by atoms with Crippen molar-refractivity contribution in [3.05, 3.63) is 11.8 Å². The van der Waals surface area contributed by atoms with Gasteiger partial charge in [0.1, 0.15) is 11.7 Å². The maximum Gasteiger partial charge on any atom is 0.175 e. The summed E-state index contributed by atoms with van der Waals surface area (Å²) in [4.78, 5) is 6.32. The van der Waals surface area contributed by atoms with E-state index in [1.54, 1.807) is 0 Å². The van der Waals surface area contributed by atoms with Gasteiger partial charge in [-0.1, -0.05) is 0 Å². The Labute approximate surface area is 130 Å². The predicted octanol–water partition coefficient (Wildman–Crippen LogP) is 1.35. The van der Waals surface area contributed by atoms with Crippen LogP contribution in [0.25, 0.3) is 0 Å².